The zero-order valence-corrected chi connectivity index (χ0v) is 11.2. The summed E-state index contributed by atoms with van der Waals surface area (Å²) in [5.41, 5.74) is -0.624. The molecule has 0 N–H and O–H groups in total. The van der Waals surface area contributed by atoms with Crippen LogP contribution in [0.3, 0.4) is 0 Å². The predicted molar refractivity (Wildman–Crippen MR) is 68.0 cm³/mol. The highest BCUT2D eigenvalue weighted by Crippen LogP contribution is 2.33. The van der Waals surface area contributed by atoms with Crippen molar-refractivity contribution in [1.82, 2.24) is 0 Å². The summed E-state index contributed by atoms with van der Waals surface area (Å²) < 4.78 is 5.43. The smallest absolute Gasteiger partial charge is 0.340 e. The monoisotopic (exact) mass is 237 g/mol. The third kappa shape index (κ3) is 2.70. The van der Waals surface area contributed by atoms with Crippen molar-refractivity contribution < 1.29 is 9.53 Å². The van der Waals surface area contributed by atoms with Gasteiger partial charge in [-0.2, -0.15) is 0 Å². The number of hydrogen-bond acceptors (Lipinski definition) is 3. The third-order valence-electron chi connectivity index (χ3n) is 3.75. The maximum absolute atomic E-state index is 11.9. The highest BCUT2D eigenvalue weighted by atomic mass is 16.6. The topological polar surface area (TPSA) is 38.7 Å². The summed E-state index contributed by atoms with van der Waals surface area (Å²) in [7, 11) is 0. The molecule has 1 heterocycles. The van der Waals surface area contributed by atoms with E-state index in [1.807, 2.05) is 6.92 Å². The van der Waals surface area contributed by atoms with E-state index in [9.17, 15) is 4.79 Å². The molecule has 2 rings (SSSR count). The van der Waals surface area contributed by atoms with E-state index in [2.05, 4.69) is 18.8 Å². The number of carbonyl (C=O) groups excluding carboxylic acids is 1. The molecule has 2 aliphatic rings. The fourth-order valence-corrected chi connectivity index (χ4v) is 2.96. The molecule has 0 spiro atoms. The van der Waals surface area contributed by atoms with E-state index in [0.717, 1.165) is 25.2 Å². The van der Waals surface area contributed by atoms with Gasteiger partial charge in [0.05, 0.1) is 0 Å². The number of cyclic esters (lactones) is 1. The Balaban J connectivity index is 2.09. The normalized spacial score (nSPS) is 30.6. The predicted octanol–water partition coefficient (Wildman–Crippen LogP) is 3.33. The van der Waals surface area contributed by atoms with Gasteiger partial charge in [-0.05, 0) is 32.1 Å². The molecule has 1 aliphatic carbocycles. The molecule has 1 aliphatic heterocycles. The van der Waals surface area contributed by atoms with Crippen LogP contribution in [-0.4, -0.2) is 17.4 Å². The number of hydrogen-bond donors (Lipinski definition) is 0. The van der Waals surface area contributed by atoms with Crippen molar-refractivity contribution in [3.63, 3.8) is 0 Å². The molecule has 1 saturated carbocycles. The van der Waals surface area contributed by atoms with E-state index >= 15 is 0 Å². The maximum Gasteiger partial charge on any atom is 0.340 e. The lowest BCUT2D eigenvalue weighted by Gasteiger charge is -2.19. The van der Waals surface area contributed by atoms with Gasteiger partial charge >= 0.3 is 5.97 Å². The second-order valence-electron chi connectivity index (χ2n) is 6.05. The molecular formula is C14H23NO2. The molecule has 0 amide bonds. The fourth-order valence-electron chi connectivity index (χ4n) is 2.96. The van der Waals surface area contributed by atoms with Crippen LogP contribution in [0, 0.1) is 11.8 Å². The van der Waals surface area contributed by atoms with Gasteiger partial charge in [-0.15, -0.1) is 0 Å². The van der Waals surface area contributed by atoms with Gasteiger partial charge in [-0.25, -0.2) is 9.79 Å². The lowest BCUT2D eigenvalue weighted by molar-refractivity contribution is -0.139. The van der Waals surface area contributed by atoms with Gasteiger partial charge in [0.25, 0.3) is 0 Å². The van der Waals surface area contributed by atoms with Crippen LogP contribution in [-0.2, 0) is 9.53 Å². The highest BCUT2D eigenvalue weighted by molar-refractivity contribution is 6.00. The Hall–Kier alpha value is -0.860. The molecule has 1 unspecified atom stereocenters. The average Bonchev–Trinajstić information content (AvgIpc) is 2.55. The Morgan fingerprint density at radius 1 is 1.35 bits per heavy atom. The Morgan fingerprint density at radius 3 is 2.59 bits per heavy atom. The first kappa shape index (κ1) is 12.6. The van der Waals surface area contributed by atoms with Gasteiger partial charge in [-0.1, -0.05) is 33.1 Å². The quantitative estimate of drug-likeness (QED) is 0.706. The van der Waals surface area contributed by atoms with Crippen molar-refractivity contribution >= 4 is 11.9 Å². The van der Waals surface area contributed by atoms with Gasteiger partial charge in [0.15, 0.2) is 11.4 Å². The zero-order chi connectivity index (χ0) is 12.5. The summed E-state index contributed by atoms with van der Waals surface area (Å²) in [4.78, 5) is 16.6. The van der Waals surface area contributed by atoms with Crippen LogP contribution in [0.5, 0.6) is 0 Å². The van der Waals surface area contributed by atoms with Crippen molar-refractivity contribution in [3.8, 4) is 0 Å². The molecule has 0 aromatic carbocycles. The standard InChI is InChI=1S/C14H23NO2/c1-10(2)9-14(3)13(16)17-12(15-14)11-7-5-4-6-8-11/h10-11H,4-9H2,1-3H3. The molecule has 0 aromatic rings. The lowest BCUT2D eigenvalue weighted by Crippen LogP contribution is -2.31. The minimum atomic E-state index is -0.624. The molecular weight excluding hydrogens is 214 g/mol. The minimum absolute atomic E-state index is 0.147. The largest absolute Gasteiger partial charge is 0.410 e. The summed E-state index contributed by atoms with van der Waals surface area (Å²) in [5.74, 6) is 1.42. The Labute approximate surface area is 104 Å². The first-order valence-electron chi connectivity index (χ1n) is 6.83. The number of esters is 1. The van der Waals surface area contributed by atoms with Crippen molar-refractivity contribution in [2.24, 2.45) is 16.8 Å². The SMILES string of the molecule is CC(C)CC1(C)N=C(C2CCCCC2)OC1=O. The summed E-state index contributed by atoms with van der Waals surface area (Å²) in [6.07, 6.45) is 6.82. The van der Waals surface area contributed by atoms with Crippen molar-refractivity contribution in [2.45, 2.75) is 64.8 Å². The van der Waals surface area contributed by atoms with Crippen molar-refractivity contribution in [1.29, 1.82) is 0 Å². The van der Waals surface area contributed by atoms with E-state index in [1.165, 1.54) is 19.3 Å². The molecule has 0 bridgehead atoms. The first-order valence-corrected chi connectivity index (χ1v) is 6.83. The summed E-state index contributed by atoms with van der Waals surface area (Å²) in [6, 6.07) is 0. The van der Waals surface area contributed by atoms with Crippen LogP contribution >= 0.6 is 0 Å². The molecule has 96 valence electrons. The van der Waals surface area contributed by atoms with E-state index in [4.69, 9.17) is 4.74 Å². The summed E-state index contributed by atoms with van der Waals surface area (Å²) >= 11 is 0. The lowest BCUT2D eigenvalue weighted by atomic mass is 9.89. The van der Waals surface area contributed by atoms with Crippen molar-refractivity contribution in [2.75, 3.05) is 0 Å². The average molecular weight is 237 g/mol. The van der Waals surface area contributed by atoms with E-state index < -0.39 is 5.54 Å². The van der Waals surface area contributed by atoms with Gasteiger partial charge in [-0.3, -0.25) is 0 Å². The molecule has 1 fully saturated rings. The van der Waals surface area contributed by atoms with E-state index in [-0.39, 0.29) is 5.97 Å². The van der Waals surface area contributed by atoms with Crippen LogP contribution in [0.4, 0.5) is 0 Å². The second-order valence-corrected chi connectivity index (χ2v) is 6.05. The van der Waals surface area contributed by atoms with Crippen LogP contribution < -0.4 is 0 Å². The highest BCUT2D eigenvalue weighted by Gasteiger charge is 2.43. The van der Waals surface area contributed by atoms with Gasteiger partial charge in [0.2, 0.25) is 0 Å². The zero-order valence-electron chi connectivity index (χ0n) is 11.2. The molecule has 0 radical (unpaired) electrons. The van der Waals surface area contributed by atoms with Crippen LogP contribution in [0.2, 0.25) is 0 Å². The number of aliphatic imine (C=N–C) groups is 1. The van der Waals surface area contributed by atoms with Crippen LogP contribution in [0.15, 0.2) is 4.99 Å². The van der Waals surface area contributed by atoms with Gasteiger partial charge in [0.1, 0.15) is 0 Å². The Bertz CT molecular complexity index is 329. The first-order chi connectivity index (χ1) is 8.01. The number of nitrogens with zero attached hydrogens (tertiary/aromatic N) is 1. The van der Waals surface area contributed by atoms with Crippen molar-refractivity contribution in [3.05, 3.63) is 0 Å². The second kappa shape index (κ2) is 4.79. The molecule has 0 saturated heterocycles. The fraction of sp³-hybridized carbons (Fsp3) is 0.857. The molecule has 17 heavy (non-hydrogen) atoms. The van der Waals surface area contributed by atoms with E-state index in [0.29, 0.717) is 11.8 Å². The Morgan fingerprint density at radius 2 is 2.00 bits per heavy atom. The van der Waals surface area contributed by atoms with Crippen LogP contribution in [0.25, 0.3) is 0 Å². The molecule has 3 nitrogen and oxygen atoms in total. The molecule has 3 heteroatoms. The Kier molecular flexibility index (Phi) is 3.55. The summed E-state index contributed by atoms with van der Waals surface area (Å²) in [6.45, 7) is 6.14. The van der Waals surface area contributed by atoms with Gasteiger partial charge < -0.3 is 4.74 Å². The number of carbonyl (C=O) groups is 1. The third-order valence-corrected chi connectivity index (χ3v) is 3.75. The molecule has 0 aromatic heterocycles. The van der Waals surface area contributed by atoms with E-state index in [1.54, 1.807) is 0 Å². The number of rotatable bonds is 3. The number of ether oxygens (including phenoxy) is 1. The minimum Gasteiger partial charge on any atom is -0.410 e. The summed E-state index contributed by atoms with van der Waals surface area (Å²) in [5, 5.41) is 0. The van der Waals surface area contributed by atoms with Gasteiger partial charge in [0, 0.05) is 5.92 Å². The molecule has 1 atom stereocenters. The van der Waals surface area contributed by atoms with Crippen LogP contribution in [0.1, 0.15) is 59.3 Å². The maximum atomic E-state index is 11.9.